The molecule has 3 rings (SSSR count). The summed E-state index contributed by atoms with van der Waals surface area (Å²) >= 11 is 0. The van der Waals surface area contributed by atoms with Crippen LogP contribution in [0, 0.1) is 0 Å². The number of likely N-dealkylation sites (N-methyl/N-ethyl adjacent to an activating group) is 1. The van der Waals surface area contributed by atoms with Gasteiger partial charge in [-0.05, 0) is 12.0 Å². The Balaban J connectivity index is 1.84. The second-order valence-corrected chi connectivity index (χ2v) is 7.81. The summed E-state index contributed by atoms with van der Waals surface area (Å²) in [6.07, 6.45) is -1.03. The van der Waals surface area contributed by atoms with Crippen LogP contribution in [0.15, 0.2) is 30.3 Å². The Hall–Kier alpha value is -3.18. The number of fused-ring (bicyclic) bond motifs is 1. The number of piperazine rings is 1. The number of ether oxygens (including phenoxy) is 1. The number of carbonyl (C=O) groups excluding carboxylic acids is 3. The topological polar surface area (TPSA) is 123 Å². The van der Waals surface area contributed by atoms with Crippen molar-refractivity contribution in [1.82, 2.24) is 25.1 Å². The van der Waals surface area contributed by atoms with Crippen LogP contribution in [0.5, 0.6) is 0 Å². The van der Waals surface area contributed by atoms with Crippen LogP contribution in [0.25, 0.3) is 0 Å². The van der Waals surface area contributed by atoms with Crippen LogP contribution < -0.4 is 5.32 Å². The predicted octanol–water partition coefficient (Wildman–Crippen LogP) is -0.0647. The second-order valence-electron chi connectivity index (χ2n) is 7.81. The van der Waals surface area contributed by atoms with Crippen LogP contribution in [0.3, 0.4) is 0 Å². The van der Waals surface area contributed by atoms with Crippen LogP contribution in [0.4, 0.5) is 4.79 Å². The maximum atomic E-state index is 13.1. The first-order chi connectivity index (χ1) is 15.3. The van der Waals surface area contributed by atoms with Crippen molar-refractivity contribution in [3.63, 3.8) is 0 Å². The number of hydrogen-bond acceptors (Lipinski definition) is 6. The van der Waals surface area contributed by atoms with Crippen molar-refractivity contribution in [2.24, 2.45) is 0 Å². The highest BCUT2D eigenvalue weighted by Crippen LogP contribution is 2.27. The van der Waals surface area contributed by atoms with E-state index in [1.165, 1.54) is 26.9 Å². The molecule has 0 spiro atoms. The van der Waals surface area contributed by atoms with Gasteiger partial charge in [-0.1, -0.05) is 30.3 Å². The van der Waals surface area contributed by atoms with Gasteiger partial charge in [0.15, 0.2) is 0 Å². The molecule has 2 aliphatic rings. The molecule has 0 saturated carbocycles. The van der Waals surface area contributed by atoms with E-state index in [0.717, 1.165) is 5.56 Å². The zero-order chi connectivity index (χ0) is 23.3. The lowest BCUT2D eigenvalue weighted by Gasteiger charge is -2.54. The van der Waals surface area contributed by atoms with Gasteiger partial charge in [-0.15, -0.1) is 0 Å². The number of urea groups is 1. The molecule has 174 valence electrons. The van der Waals surface area contributed by atoms with Crippen molar-refractivity contribution in [2.45, 2.75) is 31.6 Å². The van der Waals surface area contributed by atoms with Gasteiger partial charge in [0.2, 0.25) is 11.8 Å². The Morgan fingerprint density at radius 2 is 1.94 bits per heavy atom. The first-order valence-corrected chi connectivity index (χ1v) is 10.5. The minimum Gasteiger partial charge on any atom is -0.481 e. The number of hydrazine groups is 1. The summed E-state index contributed by atoms with van der Waals surface area (Å²) in [5.74, 6) is -1.70. The third-order valence-corrected chi connectivity index (χ3v) is 5.63. The summed E-state index contributed by atoms with van der Waals surface area (Å²) in [6, 6.07) is 8.07. The number of carbonyl (C=O) groups is 4. The van der Waals surface area contributed by atoms with Crippen LogP contribution in [0.1, 0.15) is 18.4 Å². The smallest absolute Gasteiger partial charge is 0.334 e. The van der Waals surface area contributed by atoms with Gasteiger partial charge in [0.1, 0.15) is 12.2 Å². The van der Waals surface area contributed by atoms with Crippen molar-refractivity contribution >= 4 is 23.8 Å². The van der Waals surface area contributed by atoms with Gasteiger partial charge in [-0.3, -0.25) is 14.4 Å². The third kappa shape index (κ3) is 5.17. The molecular weight excluding hydrogens is 418 g/mol. The van der Waals surface area contributed by atoms with Crippen molar-refractivity contribution in [3.8, 4) is 0 Å². The number of hydrogen-bond donors (Lipinski definition) is 2. The molecule has 4 amide bonds. The average Bonchev–Trinajstić information content (AvgIpc) is 2.76. The molecule has 2 aliphatic heterocycles. The van der Waals surface area contributed by atoms with E-state index in [4.69, 9.17) is 9.84 Å². The largest absolute Gasteiger partial charge is 0.481 e. The number of methoxy groups -OCH3 is 1. The van der Waals surface area contributed by atoms with Gasteiger partial charge in [0.05, 0.1) is 19.7 Å². The van der Waals surface area contributed by atoms with E-state index in [0.29, 0.717) is 6.54 Å². The molecule has 32 heavy (non-hydrogen) atoms. The predicted molar refractivity (Wildman–Crippen MR) is 113 cm³/mol. The van der Waals surface area contributed by atoms with E-state index in [-0.39, 0.29) is 50.9 Å². The van der Waals surface area contributed by atoms with Gasteiger partial charge in [-0.25, -0.2) is 14.8 Å². The van der Waals surface area contributed by atoms with E-state index in [9.17, 15) is 19.2 Å². The Kier molecular flexibility index (Phi) is 7.65. The molecular formula is C21H29N5O6. The van der Waals surface area contributed by atoms with E-state index in [2.05, 4.69) is 5.32 Å². The van der Waals surface area contributed by atoms with Crippen molar-refractivity contribution in [1.29, 1.82) is 0 Å². The number of rotatable bonds is 8. The molecule has 2 heterocycles. The fourth-order valence-electron chi connectivity index (χ4n) is 4.10. The Bertz CT molecular complexity index is 850. The molecule has 1 aromatic rings. The number of carboxylic acids is 1. The summed E-state index contributed by atoms with van der Waals surface area (Å²) in [7, 11) is 3.16. The van der Waals surface area contributed by atoms with E-state index >= 15 is 0 Å². The highest BCUT2D eigenvalue weighted by molar-refractivity contribution is 5.91. The van der Waals surface area contributed by atoms with E-state index in [1.54, 1.807) is 7.05 Å². The maximum Gasteiger partial charge on any atom is 0.334 e. The number of amides is 4. The van der Waals surface area contributed by atoms with Crippen LogP contribution >= 0.6 is 0 Å². The van der Waals surface area contributed by atoms with Crippen LogP contribution in [-0.4, -0.2) is 101 Å². The lowest BCUT2D eigenvalue weighted by Crippen LogP contribution is -2.76. The summed E-state index contributed by atoms with van der Waals surface area (Å²) in [6.45, 7) is 0.888. The van der Waals surface area contributed by atoms with Gasteiger partial charge < -0.3 is 25.0 Å². The molecule has 0 aliphatic carbocycles. The molecule has 1 aromatic carbocycles. The van der Waals surface area contributed by atoms with Gasteiger partial charge in [0.25, 0.3) is 0 Å². The molecule has 0 bridgehead atoms. The van der Waals surface area contributed by atoms with Crippen molar-refractivity contribution in [2.75, 3.05) is 40.4 Å². The molecule has 2 saturated heterocycles. The molecule has 2 atom stereocenters. The Morgan fingerprint density at radius 3 is 2.59 bits per heavy atom. The highest BCUT2D eigenvalue weighted by atomic mass is 16.5. The number of nitrogens with zero attached hydrogens (tertiary/aromatic N) is 4. The monoisotopic (exact) mass is 447 g/mol. The van der Waals surface area contributed by atoms with Crippen LogP contribution in [-0.2, 0) is 25.7 Å². The highest BCUT2D eigenvalue weighted by Gasteiger charge is 2.50. The first kappa shape index (κ1) is 23.5. The Morgan fingerprint density at radius 1 is 1.22 bits per heavy atom. The SMILES string of the molecule is COCCN1C[C@H]2N(C(=O)CN(C)N2C(=O)NCc2ccccc2)[C@@H](CCC(=O)O)C1=O. The van der Waals surface area contributed by atoms with E-state index in [1.807, 2.05) is 30.3 Å². The van der Waals surface area contributed by atoms with Gasteiger partial charge in [0, 0.05) is 33.7 Å². The molecule has 0 unspecified atom stereocenters. The van der Waals surface area contributed by atoms with Crippen molar-refractivity contribution in [3.05, 3.63) is 35.9 Å². The van der Waals surface area contributed by atoms with Crippen molar-refractivity contribution < 1.29 is 29.0 Å². The molecule has 11 nitrogen and oxygen atoms in total. The van der Waals surface area contributed by atoms with Gasteiger partial charge in [-0.2, -0.15) is 0 Å². The minimum absolute atomic E-state index is 0.0247. The summed E-state index contributed by atoms with van der Waals surface area (Å²) in [5.41, 5.74) is 0.924. The molecule has 2 N–H and O–H groups in total. The zero-order valence-electron chi connectivity index (χ0n) is 18.3. The number of nitrogens with one attached hydrogen (secondary N) is 1. The number of carboxylic acid groups (broad SMARTS) is 1. The lowest BCUT2D eigenvalue weighted by atomic mass is 10.0. The summed E-state index contributed by atoms with van der Waals surface area (Å²) in [5, 5.41) is 15.0. The fraction of sp³-hybridized carbons (Fsp3) is 0.524. The fourth-order valence-corrected chi connectivity index (χ4v) is 4.10. The maximum absolute atomic E-state index is 13.1. The third-order valence-electron chi connectivity index (χ3n) is 5.63. The summed E-state index contributed by atoms with van der Waals surface area (Å²) in [4.78, 5) is 53.1. The Labute approximate surface area is 186 Å². The molecule has 11 heteroatoms. The lowest BCUT2D eigenvalue weighted by molar-refractivity contribution is -0.188. The normalized spacial score (nSPS) is 21.5. The average molecular weight is 447 g/mol. The number of benzene rings is 1. The molecule has 2 fully saturated rings. The molecule has 0 radical (unpaired) electrons. The van der Waals surface area contributed by atoms with E-state index < -0.39 is 24.2 Å². The second kappa shape index (κ2) is 10.4. The minimum atomic E-state index is -1.05. The van der Waals surface area contributed by atoms with Gasteiger partial charge >= 0.3 is 12.0 Å². The standard InChI is InChI=1S/C21H29N5O6/c1-23-14-18(27)25-16(8-9-19(28)29)20(30)24(10-11-32-2)13-17(25)26(23)21(31)22-12-15-6-4-3-5-7-15/h3-7,16-17H,8-14H2,1-2H3,(H,22,31)(H,28,29)/t16-,17-/m0/s1. The quantitative estimate of drug-likeness (QED) is 0.572. The van der Waals surface area contributed by atoms with Crippen LogP contribution in [0.2, 0.25) is 0 Å². The molecule has 0 aromatic heterocycles. The summed E-state index contributed by atoms with van der Waals surface area (Å²) < 4.78 is 5.09. The number of aliphatic carboxylic acids is 1. The zero-order valence-corrected chi connectivity index (χ0v) is 18.3. The first-order valence-electron chi connectivity index (χ1n) is 10.5.